The average Bonchev–Trinajstić information content (AvgIpc) is 2.60. The summed E-state index contributed by atoms with van der Waals surface area (Å²) in [6, 6.07) is 7.50. The summed E-state index contributed by atoms with van der Waals surface area (Å²) in [7, 11) is -3.40. The van der Waals surface area contributed by atoms with Gasteiger partial charge in [-0.05, 0) is 43.5 Å². The van der Waals surface area contributed by atoms with Crippen LogP contribution in [0.25, 0.3) is 0 Å². The molecule has 0 aliphatic rings. The van der Waals surface area contributed by atoms with Crippen LogP contribution in [0, 0.1) is 0 Å². The van der Waals surface area contributed by atoms with Crippen LogP contribution in [0.4, 0.5) is 5.69 Å². The molecule has 0 saturated heterocycles. The maximum atomic E-state index is 12.2. The molecule has 0 fully saturated rings. The van der Waals surface area contributed by atoms with Crippen LogP contribution < -0.4 is 10.6 Å². The van der Waals surface area contributed by atoms with Crippen molar-refractivity contribution < 1.29 is 13.2 Å². The topological polar surface area (TPSA) is 101 Å². The number of sulfone groups is 1. The van der Waals surface area contributed by atoms with Crippen molar-refractivity contribution in [2.24, 2.45) is 0 Å². The van der Waals surface area contributed by atoms with Crippen LogP contribution in [0.3, 0.4) is 0 Å². The molecule has 0 saturated carbocycles. The molecule has 126 valence electrons. The number of hydrogen-bond donors (Lipinski definition) is 2. The molecule has 0 aliphatic carbocycles. The van der Waals surface area contributed by atoms with Crippen molar-refractivity contribution in [1.82, 2.24) is 15.3 Å². The normalized spacial score (nSPS) is 11.4. The van der Waals surface area contributed by atoms with Crippen LogP contribution in [0.5, 0.6) is 0 Å². The summed E-state index contributed by atoms with van der Waals surface area (Å²) in [4.78, 5) is 19.8. The van der Waals surface area contributed by atoms with Gasteiger partial charge in [-0.15, -0.1) is 0 Å². The Hall–Kier alpha value is -2.74. The third-order valence-corrected chi connectivity index (χ3v) is 4.66. The fraction of sp³-hybridized carbons (Fsp3) is 0.188. The minimum Gasteiger partial charge on any atom is -0.391 e. The van der Waals surface area contributed by atoms with E-state index < -0.39 is 9.84 Å². The van der Waals surface area contributed by atoms with E-state index in [0.29, 0.717) is 5.69 Å². The van der Waals surface area contributed by atoms with E-state index in [0.717, 1.165) is 6.54 Å². The van der Waals surface area contributed by atoms with Crippen molar-refractivity contribution >= 4 is 21.4 Å². The van der Waals surface area contributed by atoms with Crippen molar-refractivity contribution in [3.05, 3.63) is 60.8 Å². The number of carbonyl (C=O) groups excluding carboxylic acids is 1. The van der Waals surface area contributed by atoms with E-state index in [1.54, 1.807) is 24.4 Å². The number of amides is 1. The summed E-state index contributed by atoms with van der Waals surface area (Å²) in [5, 5.41) is 5.56. The van der Waals surface area contributed by atoms with E-state index in [-0.39, 0.29) is 22.2 Å². The molecule has 1 amide bonds. The minimum absolute atomic E-state index is 0.0906. The van der Waals surface area contributed by atoms with Gasteiger partial charge in [0, 0.05) is 18.4 Å². The van der Waals surface area contributed by atoms with Crippen molar-refractivity contribution in [2.75, 3.05) is 17.6 Å². The Kier molecular flexibility index (Phi) is 6.02. The first-order valence-corrected chi connectivity index (χ1v) is 8.97. The van der Waals surface area contributed by atoms with Gasteiger partial charge >= 0.3 is 0 Å². The van der Waals surface area contributed by atoms with Crippen LogP contribution in [-0.4, -0.2) is 36.6 Å². The van der Waals surface area contributed by atoms with E-state index in [1.165, 1.54) is 30.7 Å². The summed E-state index contributed by atoms with van der Waals surface area (Å²) in [6.07, 6.45) is 5.93. The van der Waals surface area contributed by atoms with Gasteiger partial charge in [0.05, 0.1) is 10.6 Å². The molecule has 24 heavy (non-hydrogen) atoms. The zero-order chi connectivity index (χ0) is 17.4. The molecule has 0 radical (unpaired) electrons. The number of nitrogens with zero attached hydrogens (tertiary/aromatic N) is 2. The number of nitrogens with one attached hydrogen (secondary N) is 2. The highest BCUT2D eigenvalue weighted by Gasteiger charge is 2.13. The van der Waals surface area contributed by atoms with E-state index in [2.05, 4.69) is 20.6 Å². The summed E-state index contributed by atoms with van der Waals surface area (Å²) < 4.78 is 24.3. The van der Waals surface area contributed by atoms with Gasteiger partial charge in [-0.2, -0.15) is 0 Å². The third kappa shape index (κ3) is 4.88. The standard InChI is InChI=1S/C16H18N4O3S/c1-2-17-9-3-11-24(22,23)14-6-4-13(5-7-14)20-16(21)15-8-10-18-12-19-15/h3-10,12,17H,2,11H2,1H3,(H,20,21). The first kappa shape index (κ1) is 17.6. The molecule has 2 rings (SSSR count). The Morgan fingerprint density at radius 2 is 1.96 bits per heavy atom. The molecule has 1 aromatic heterocycles. The van der Waals surface area contributed by atoms with E-state index in [1.807, 2.05) is 6.92 Å². The first-order chi connectivity index (χ1) is 11.5. The molecular formula is C16H18N4O3S. The number of hydrogen-bond acceptors (Lipinski definition) is 6. The summed E-state index contributed by atoms with van der Waals surface area (Å²) in [5.74, 6) is -0.478. The van der Waals surface area contributed by atoms with Gasteiger partial charge in [0.1, 0.15) is 12.0 Å². The molecule has 1 aromatic carbocycles. The molecule has 2 N–H and O–H groups in total. The molecule has 0 unspecified atom stereocenters. The van der Waals surface area contributed by atoms with Crippen LogP contribution in [0.1, 0.15) is 17.4 Å². The van der Waals surface area contributed by atoms with Gasteiger partial charge in [-0.1, -0.05) is 6.08 Å². The van der Waals surface area contributed by atoms with Gasteiger partial charge in [-0.3, -0.25) is 4.79 Å². The predicted molar refractivity (Wildman–Crippen MR) is 91.3 cm³/mol. The Morgan fingerprint density at radius 3 is 2.58 bits per heavy atom. The van der Waals surface area contributed by atoms with Crippen LogP contribution in [0.15, 0.2) is 60.0 Å². The molecule has 7 nitrogen and oxygen atoms in total. The van der Waals surface area contributed by atoms with Crippen molar-refractivity contribution in [1.29, 1.82) is 0 Å². The number of carbonyl (C=O) groups is 1. The van der Waals surface area contributed by atoms with Crippen molar-refractivity contribution in [3.63, 3.8) is 0 Å². The van der Waals surface area contributed by atoms with Gasteiger partial charge in [0.2, 0.25) is 0 Å². The molecule has 8 heteroatoms. The van der Waals surface area contributed by atoms with Crippen molar-refractivity contribution in [2.45, 2.75) is 11.8 Å². The zero-order valence-corrected chi connectivity index (χ0v) is 14.0. The highest BCUT2D eigenvalue weighted by atomic mass is 32.2. The smallest absolute Gasteiger partial charge is 0.274 e. The molecular weight excluding hydrogens is 328 g/mol. The van der Waals surface area contributed by atoms with Gasteiger partial charge < -0.3 is 10.6 Å². The Bertz CT molecular complexity index is 803. The average molecular weight is 346 g/mol. The molecule has 0 atom stereocenters. The second kappa shape index (κ2) is 8.21. The van der Waals surface area contributed by atoms with Gasteiger partial charge in [0.25, 0.3) is 5.91 Å². The first-order valence-electron chi connectivity index (χ1n) is 7.31. The molecule has 1 heterocycles. The lowest BCUT2D eigenvalue weighted by molar-refractivity contribution is 0.102. The van der Waals surface area contributed by atoms with Crippen LogP contribution in [0.2, 0.25) is 0 Å². The SMILES string of the molecule is CCNC=CCS(=O)(=O)c1ccc(NC(=O)c2ccncn2)cc1. The molecule has 0 bridgehead atoms. The predicted octanol–water partition coefficient (Wildman–Crippen LogP) is 1.63. The molecule has 0 aliphatic heterocycles. The Morgan fingerprint density at radius 1 is 1.21 bits per heavy atom. The number of rotatable bonds is 7. The van der Waals surface area contributed by atoms with Crippen molar-refractivity contribution in [3.8, 4) is 0 Å². The molecule has 2 aromatic rings. The fourth-order valence-corrected chi connectivity index (χ4v) is 2.93. The van der Waals surface area contributed by atoms with Gasteiger partial charge in [0.15, 0.2) is 9.84 Å². The number of anilines is 1. The van der Waals surface area contributed by atoms with Crippen LogP contribution in [-0.2, 0) is 9.84 Å². The highest BCUT2D eigenvalue weighted by molar-refractivity contribution is 7.91. The van der Waals surface area contributed by atoms with E-state index in [9.17, 15) is 13.2 Å². The van der Waals surface area contributed by atoms with Crippen LogP contribution >= 0.6 is 0 Å². The maximum absolute atomic E-state index is 12.2. The summed E-state index contributed by atoms with van der Waals surface area (Å²) in [5.41, 5.74) is 0.719. The Balaban J connectivity index is 2.03. The second-order valence-corrected chi connectivity index (χ2v) is 6.85. The summed E-state index contributed by atoms with van der Waals surface area (Å²) >= 11 is 0. The van der Waals surface area contributed by atoms with E-state index >= 15 is 0 Å². The monoisotopic (exact) mass is 346 g/mol. The Labute approximate surface area is 140 Å². The zero-order valence-electron chi connectivity index (χ0n) is 13.1. The maximum Gasteiger partial charge on any atom is 0.274 e. The quantitative estimate of drug-likeness (QED) is 0.790. The third-order valence-electron chi connectivity index (χ3n) is 3.04. The lowest BCUT2D eigenvalue weighted by Crippen LogP contribution is -2.13. The van der Waals surface area contributed by atoms with E-state index in [4.69, 9.17) is 0 Å². The molecule has 0 spiro atoms. The van der Waals surface area contributed by atoms with Gasteiger partial charge in [-0.25, -0.2) is 18.4 Å². The lowest BCUT2D eigenvalue weighted by Gasteiger charge is -2.06. The lowest BCUT2D eigenvalue weighted by atomic mass is 10.3. The number of benzene rings is 1. The number of aromatic nitrogens is 2. The largest absolute Gasteiger partial charge is 0.391 e. The fourth-order valence-electron chi connectivity index (χ4n) is 1.84. The second-order valence-electron chi connectivity index (χ2n) is 4.81. The minimum atomic E-state index is -3.40. The highest BCUT2D eigenvalue weighted by Crippen LogP contribution is 2.16. The summed E-state index contributed by atoms with van der Waals surface area (Å²) in [6.45, 7) is 2.66.